The van der Waals surface area contributed by atoms with Crippen LogP contribution in [0.5, 0.6) is 0 Å². The summed E-state index contributed by atoms with van der Waals surface area (Å²) in [5.74, 6) is -1.86. The van der Waals surface area contributed by atoms with Crippen LogP contribution in [0.1, 0.15) is 40.5 Å². The second-order valence-corrected chi connectivity index (χ2v) is 5.73. The minimum absolute atomic E-state index is 0.0842. The van der Waals surface area contributed by atoms with Gasteiger partial charge in [0.05, 0.1) is 6.10 Å². The Morgan fingerprint density at radius 2 is 1.75 bits per heavy atom. The van der Waals surface area contributed by atoms with E-state index in [4.69, 9.17) is 5.11 Å². The molecule has 0 aromatic carbocycles. The summed E-state index contributed by atoms with van der Waals surface area (Å²) in [6.07, 6.45) is -0.683. The highest BCUT2D eigenvalue weighted by Gasteiger charge is 2.24. The van der Waals surface area contributed by atoms with E-state index < -0.39 is 29.4 Å². The lowest BCUT2D eigenvalue weighted by atomic mass is 9.96. The van der Waals surface area contributed by atoms with Crippen molar-refractivity contribution in [2.75, 3.05) is 6.54 Å². The molecule has 7 heteroatoms. The van der Waals surface area contributed by atoms with Gasteiger partial charge >= 0.3 is 5.97 Å². The zero-order chi connectivity index (χ0) is 15.9. The number of rotatable bonds is 7. The normalized spacial score (nSPS) is 14.2. The molecule has 4 N–H and O–H groups in total. The molecule has 116 valence electrons. The SMILES string of the molecule is CC(O)C(NC(=O)CCCNC(=O)C(C)(C)C)C(=O)O. The van der Waals surface area contributed by atoms with Crippen LogP contribution < -0.4 is 10.6 Å². The van der Waals surface area contributed by atoms with Crippen LogP contribution in [0.15, 0.2) is 0 Å². The van der Waals surface area contributed by atoms with Crippen molar-refractivity contribution in [2.24, 2.45) is 5.41 Å². The number of aliphatic hydroxyl groups excluding tert-OH is 1. The predicted octanol–water partition coefficient (Wildman–Crippen LogP) is -0.121. The van der Waals surface area contributed by atoms with E-state index in [0.717, 1.165) is 0 Å². The van der Waals surface area contributed by atoms with Crippen molar-refractivity contribution in [3.8, 4) is 0 Å². The highest BCUT2D eigenvalue weighted by atomic mass is 16.4. The van der Waals surface area contributed by atoms with Gasteiger partial charge in [0.1, 0.15) is 0 Å². The average Bonchev–Trinajstić information content (AvgIpc) is 2.29. The fourth-order valence-corrected chi connectivity index (χ4v) is 1.35. The predicted molar refractivity (Wildman–Crippen MR) is 72.9 cm³/mol. The molecule has 0 fully saturated rings. The lowest BCUT2D eigenvalue weighted by molar-refractivity contribution is -0.144. The Labute approximate surface area is 118 Å². The summed E-state index contributed by atoms with van der Waals surface area (Å²) >= 11 is 0. The first kappa shape index (κ1) is 18.4. The van der Waals surface area contributed by atoms with Crippen molar-refractivity contribution in [1.29, 1.82) is 0 Å². The molecule has 0 bridgehead atoms. The van der Waals surface area contributed by atoms with Gasteiger partial charge in [-0.05, 0) is 13.3 Å². The number of hydrogen-bond donors (Lipinski definition) is 4. The van der Waals surface area contributed by atoms with Crippen LogP contribution in [0.25, 0.3) is 0 Å². The quantitative estimate of drug-likeness (QED) is 0.487. The third-order valence-electron chi connectivity index (χ3n) is 2.61. The monoisotopic (exact) mass is 288 g/mol. The summed E-state index contributed by atoms with van der Waals surface area (Å²) in [5, 5.41) is 22.9. The van der Waals surface area contributed by atoms with E-state index in [9.17, 15) is 19.5 Å². The molecule has 7 nitrogen and oxygen atoms in total. The number of carboxylic acid groups (broad SMARTS) is 1. The Balaban J connectivity index is 4.01. The Bertz CT molecular complexity index is 360. The van der Waals surface area contributed by atoms with E-state index in [1.165, 1.54) is 6.92 Å². The molecule has 2 amide bonds. The highest BCUT2D eigenvalue weighted by Crippen LogP contribution is 2.12. The van der Waals surface area contributed by atoms with E-state index in [2.05, 4.69) is 10.6 Å². The zero-order valence-electron chi connectivity index (χ0n) is 12.4. The Kier molecular flexibility index (Phi) is 7.20. The maximum absolute atomic E-state index is 11.5. The van der Waals surface area contributed by atoms with Gasteiger partial charge in [-0.3, -0.25) is 9.59 Å². The van der Waals surface area contributed by atoms with Crippen molar-refractivity contribution >= 4 is 17.8 Å². The fraction of sp³-hybridized carbons (Fsp3) is 0.769. The first-order chi connectivity index (χ1) is 9.05. The second-order valence-electron chi connectivity index (χ2n) is 5.73. The van der Waals surface area contributed by atoms with Gasteiger partial charge in [-0.15, -0.1) is 0 Å². The van der Waals surface area contributed by atoms with Crippen molar-refractivity contribution in [3.63, 3.8) is 0 Å². The fourth-order valence-electron chi connectivity index (χ4n) is 1.35. The summed E-state index contributed by atoms with van der Waals surface area (Å²) in [6.45, 7) is 7.00. The van der Waals surface area contributed by atoms with E-state index in [-0.39, 0.29) is 12.3 Å². The molecule has 0 spiro atoms. The lowest BCUT2D eigenvalue weighted by Gasteiger charge is -2.18. The number of carbonyl (C=O) groups excluding carboxylic acids is 2. The number of aliphatic carboxylic acids is 1. The molecular weight excluding hydrogens is 264 g/mol. The molecule has 0 saturated heterocycles. The van der Waals surface area contributed by atoms with Gasteiger partial charge in [0.15, 0.2) is 6.04 Å². The summed E-state index contributed by atoms with van der Waals surface area (Å²) < 4.78 is 0. The van der Waals surface area contributed by atoms with Crippen LogP contribution in [-0.2, 0) is 14.4 Å². The number of nitrogens with one attached hydrogen (secondary N) is 2. The maximum Gasteiger partial charge on any atom is 0.328 e. The smallest absolute Gasteiger partial charge is 0.328 e. The third-order valence-corrected chi connectivity index (χ3v) is 2.61. The summed E-state index contributed by atoms with van der Waals surface area (Å²) in [5.41, 5.74) is -0.483. The van der Waals surface area contributed by atoms with Gasteiger partial charge in [0.25, 0.3) is 0 Å². The number of hydrogen-bond acceptors (Lipinski definition) is 4. The molecule has 0 heterocycles. The molecule has 0 rings (SSSR count). The lowest BCUT2D eigenvalue weighted by Crippen LogP contribution is -2.47. The average molecular weight is 288 g/mol. The maximum atomic E-state index is 11.5. The molecule has 0 radical (unpaired) electrons. The van der Waals surface area contributed by atoms with Gasteiger partial charge in [-0.2, -0.15) is 0 Å². The molecule has 0 aliphatic carbocycles. The third kappa shape index (κ3) is 7.08. The van der Waals surface area contributed by atoms with Crippen LogP contribution in [-0.4, -0.2) is 46.7 Å². The van der Waals surface area contributed by atoms with Gasteiger partial charge in [0, 0.05) is 18.4 Å². The van der Waals surface area contributed by atoms with Crippen molar-refractivity contribution < 1.29 is 24.6 Å². The van der Waals surface area contributed by atoms with E-state index in [1.807, 2.05) is 0 Å². The second kappa shape index (κ2) is 7.84. The molecule has 2 atom stereocenters. The zero-order valence-corrected chi connectivity index (χ0v) is 12.4. The van der Waals surface area contributed by atoms with Crippen LogP contribution in [0.3, 0.4) is 0 Å². The molecule has 0 aromatic rings. The number of carboxylic acids is 1. The summed E-state index contributed by atoms with van der Waals surface area (Å²) in [4.78, 5) is 33.8. The molecule has 0 aliphatic rings. The van der Waals surface area contributed by atoms with Crippen LogP contribution in [0.4, 0.5) is 0 Å². The Morgan fingerprint density at radius 1 is 1.20 bits per heavy atom. The Hall–Kier alpha value is -1.63. The van der Waals surface area contributed by atoms with E-state index in [1.54, 1.807) is 20.8 Å². The molecule has 2 unspecified atom stereocenters. The first-order valence-electron chi connectivity index (χ1n) is 6.54. The molecule has 0 aliphatic heterocycles. The standard InChI is InChI=1S/C13H24N2O5/c1-8(16)10(11(18)19)15-9(17)6-5-7-14-12(20)13(2,3)4/h8,10,16H,5-7H2,1-4H3,(H,14,20)(H,15,17)(H,18,19). The van der Waals surface area contributed by atoms with Crippen LogP contribution >= 0.6 is 0 Å². The summed E-state index contributed by atoms with van der Waals surface area (Å²) in [6, 6.07) is -1.31. The van der Waals surface area contributed by atoms with E-state index >= 15 is 0 Å². The van der Waals surface area contributed by atoms with E-state index in [0.29, 0.717) is 13.0 Å². The van der Waals surface area contributed by atoms with Gasteiger partial charge < -0.3 is 20.8 Å². The van der Waals surface area contributed by atoms with Crippen LogP contribution in [0.2, 0.25) is 0 Å². The minimum Gasteiger partial charge on any atom is -0.480 e. The van der Waals surface area contributed by atoms with Gasteiger partial charge in [-0.1, -0.05) is 20.8 Å². The van der Waals surface area contributed by atoms with Gasteiger partial charge in [0.2, 0.25) is 11.8 Å². The molecule has 20 heavy (non-hydrogen) atoms. The summed E-state index contributed by atoms with van der Waals surface area (Å²) in [7, 11) is 0. The Morgan fingerprint density at radius 3 is 2.15 bits per heavy atom. The van der Waals surface area contributed by atoms with Crippen molar-refractivity contribution in [3.05, 3.63) is 0 Å². The topological polar surface area (TPSA) is 116 Å². The number of carbonyl (C=O) groups is 3. The van der Waals surface area contributed by atoms with Gasteiger partial charge in [-0.25, -0.2) is 4.79 Å². The number of aliphatic hydroxyl groups is 1. The van der Waals surface area contributed by atoms with Crippen molar-refractivity contribution in [1.82, 2.24) is 10.6 Å². The largest absolute Gasteiger partial charge is 0.480 e. The highest BCUT2D eigenvalue weighted by molar-refractivity contribution is 5.84. The van der Waals surface area contributed by atoms with Crippen LogP contribution in [0, 0.1) is 5.41 Å². The minimum atomic E-state index is -1.31. The number of amides is 2. The van der Waals surface area contributed by atoms with Crippen molar-refractivity contribution in [2.45, 2.75) is 52.7 Å². The molecule has 0 saturated carbocycles. The first-order valence-corrected chi connectivity index (χ1v) is 6.54. The molecule has 0 aromatic heterocycles. The molecular formula is C13H24N2O5.